The minimum absolute atomic E-state index is 0.482. The largest absolute Gasteiger partial charge is 0.316 e. The van der Waals surface area contributed by atoms with Crippen LogP contribution in [0.1, 0.15) is 42.0 Å². The van der Waals surface area contributed by atoms with E-state index in [0.29, 0.717) is 12.0 Å². The lowest BCUT2D eigenvalue weighted by molar-refractivity contribution is 0.555. The molecular formula is C20H27N. The maximum Gasteiger partial charge on any atom is 0.0145 e. The Bertz CT molecular complexity index is 554. The van der Waals surface area contributed by atoms with Crippen LogP contribution in [0.5, 0.6) is 0 Å². The highest BCUT2D eigenvalue weighted by atomic mass is 14.9. The first-order valence-electron chi connectivity index (χ1n) is 7.90. The van der Waals surface area contributed by atoms with E-state index < -0.39 is 0 Å². The van der Waals surface area contributed by atoms with Gasteiger partial charge in [-0.2, -0.15) is 0 Å². The van der Waals surface area contributed by atoms with Gasteiger partial charge in [-0.1, -0.05) is 62.4 Å². The fraction of sp³-hybridized carbons (Fsp3) is 0.400. The van der Waals surface area contributed by atoms with Gasteiger partial charge in [0.05, 0.1) is 0 Å². The Morgan fingerprint density at radius 2 is 1.57 bits per heavy atom. The Morgan fingerprint density at radius 3 is 2.14 bits per heavy atom. The fourth-order valence-electron chi connectivity index (χ4n) is 2.70. The molecule has 0 aromatic heterocycles. The Labute approximate surface area is 129 Å². The monoisotopic (exact) mass is 281 g/mol. The van der Waals surface area contributed by atoms with Crippen molar-refractivity contribution in [1.29, 1.82) is 0 Å². The normalized spacial score (nSPS) is 12.6. The topological polar surface area (TPSA) is 12.0 Å². The second kappa shape index (κ2) is 7.42. The van der Waals surface area contributed by atoms with Crippen molar-refractivity contribution in [3.63, 3.8) is 0 Å². The summed E-state index contributed by atoms with van der Waals surface area (Å²) in [5.74, 6) is 0.603. The standard InChI is InChI=1S/C20H27N/c1-15(2)18-11-9-17(10-12-18)13-20(21-4)14-19-8-6-5-7-16(19)3/h5-12,15,20-21H,13-14H2,1-4H3. The number of benzene rings is 2. The van der Waals surface area contributed by atoms with E-state index in [-0.39, 0.29) is 0 Å². The molecule has 0 aliphatic heterocycles. The molecule has 0 saturated carbocycles. The lowest BCUT2D eigenvalue weighted by Crippen LogP contribution is -2.30. The molecule has 1 N–H and O–H groups in total. The number of likely N-dealkylation sites (N-methyl/N-ethyl adjacent to an activating group) is 1. The van der Waals surface area contributed by atoms with E-state index in [2.05, 4.69) is 81.7 Å². The molecule has 0 saturated heterocycles. The van der Waals surface area contributed by atoms with Crippen molar-refractivity contribution in [3.05, 3.63) is 70.8 Å². The second-order valence-electron chi connectivity index (χ2n) is 6.22. The van der Waals surface area contributed by atoms with Crippen LogP contribution in [0.15, 0.2) is 48.5 Å². The predicted octanol–water partition coefficient (Wildman–Crippen LogP) is 4.49. The Hall–Kier alpha value is -1.60. The summed E-state index contributed by atoms with van der Waals surface area (Å²) in [6.07, 6.45) is 2.15. The van der Waals surface area contributed by atoms with Crippen molar-refractivity contribution >= 4 is 0 Å². The lowest BCUT2D eigenvalue weighted by Gasteiger charge is -2.18. The summed E-state index contributed by atoms with van der Waals surface area (Å²) in [6.45, 7) is 6.67. The first-order valence-corrected chi connectivity index (χ1v) is 7.90. The number of hydrogen-bond acceptors (Lipinski definition) is 1. The van der Waals surface area contributed by atoms with Gasteiger partial charge in [0.2, 0.25) is 0 Å². The average molecular weight is 281 g/mol. The third-order valence-corrected chi connectivity index (χ3v) is 4.26. The smallest absolute Gasteiger partial charge is 0.0145 e. The zero-order valence-corrected chi connectivity index (χ0v) is 13.7. The van der Waals surface area contributed by atoms with E-state index in [4.69, 9.17) is 0 Å². The van der Waals surface area contributed by atoms with Gasteiger partial charge in [0.1, 0.15) is 0 Å². The van der Waals surface area contributed by atoms with Gasteiger partial charge in [-0.05, 0) is 55.0 Å². The molecule has 0 aliphatic carbocycles. The Kier molecular flexibility index (Phi) is 5.58. The van der Waals surface area contributed by atoms with Crippen molar-refractivity contribution in [2.75, 3.05) is 7.05 Å². The number of rotatable bonds is 6. The molecule has 1 nitrogen and oxygen atoms in total. The molecule has 0 radical (unpaired) electrons. The van der Waals surface area contributed by atoms with E-state index >= 15 is 0 Å². The summed E-state index contributed by atoms with van der Waals surface area (Å²) in [6, 6.07) is 18.2. The first kappa shape index (κ1) is 15.8. The minimum atomic E-state index is 0.482. The summed E-state index contributed by atoms with van der Waals surface area (Å²) in [7, 11) is 2.06. The maximum atomic E-state index is 3.46. The summed E-state index contributed by atoms with van der Waals surface area (Å²) < 4.78 is 0. The lowest BCUT2D eigenvalue weighted by atomic mass is 9.95. The molecule has 21 heavy (non-hydrogen) atoms. The summed E-state index contributed by atoms with van der Waals surface area (Å²) >= 11 is 0. The molecule has 0 spiro atoms. The van der Waals surface area contributed by atoms with Gasteiger partial charge in [-0.25, -0.2) is 0 Å². The summed E-state index contributed by atoms with van der Waals surface area (Å²) in [5.41, 5.74) is 5.65. The van der Waals surface area contributed by atoms with Crippen LogP contribution in [0.4, 0.5) is 0 Å². The average Bonchev–Trinajstić information content (AvgIpc) is 2.49. The van der Waals surface area contributed by atoms with Crippen molar-refractivity contribution in [1.82, 2.24) is 5.32 Å². The summed E-state index contributed by atoms with van der Waals surface area (Å²) in [4.78, 5) is 0. The van der Waals surface area contributed by atoms with Gasteiger partial charge in [0.15, 0.2) is 0 Å². The van der Waals surface area contributed by atoms with Crippen LogP contribution in [0, 0.1) is 6.92 Å². The van der Waals surface area contributed by atoms with Crippen molar-refractivity contribution in [2.45, 2.75) is 45.6 Å². The quantitative estimate of drug-likeness (QED) is 0.822. The van der Waals surface area contributed by atoms with Crippen LogP contribution in [-0.4, -0.2) is 13.1 Å². The molecule has 2 rings (SSSR count). The SMILES string of the molecule is CNC(Cc1ccc(C(C)C)cc1)Cc1ccccc1C. The predicted molar refractivity (Wildman–Crippen MR) is 92.0 cm³/mol. The van der Waals surface area contributed by atoms with E-state index in [1.54, 1.807) is 0 Å². The van der Waals surface area contributed by atoms with Crippen LogP contribution in [0.3, 0.4) is 0 Å². The fourth-order valence-corrected chi connectivity index (χ4v) is 2.70. The van der Waals surface area contributed by atoms with Crippen LogP contribution in [0.25, 0.3) is 0 Å². The van der Waals surface area contributed by atoms with Crippen LogP contribution in [0.2, 0.25) is 0 Å². The molecular weight excluding hydrogens is 254 g/mol. The van der Waals surface area contributed by atoms with Gasteiger partial charge >= 0.3 is 0 Å². The zero-order chi connectivity index (χ0) is 15.2. The molecule has 0 amide bonds. The van der Waals surface area contributed by atoms with Gasteiger partial charge < -0.3 is 5.32 Å². The van der Waals surface area contributed by atoms with E-state index in [1.807, 2.05) is 0 Å². The third kappa shape index (κ3) is 4.44. The molecule has 1 heteroatoms. The molecule has 1 atom stereocenters. The zero-order valence-electron chi connectivity index (χ0n) is 13.7. The number of aryl methyl sites for hydroxylation is 1. The van der Waals surface area contributed by atoms with Gasteiger partial charge in [0.25, 0.3) is 0 Å². The van der Waals surface area contributed by atoms with Crippen LogP contribution >= 0.6 is 0 Å². The Morgan fingerprint density at radius 1 is 0.905 bits per heavy atom. The number of hydrogen-bond donors (Lipinski definition) is 1. The minimum Gasteiger partial charge on any atom is -0.316 e. The van der Waals surface area contributed by atoms with Gasteiger partial charge in [-0.15, -0.1) is 0 Å². The maximum absolute atomic E-state index is 3.46. The highest BCUT2D eigenvalue weighted by molar-refractivity contribution is 5.28. The van der Waals surface area contributed by atoms with E-state index in [0.717, 1.165) is 12.8 Å². The Balaban J connectivity index is 2.03. The van der Waals surface area contributed by atoms with Crippen LogP contribution in [-0.2, 0) is 12.8 Å². The van der Waals surface area contributed by atoms with Crippen molar-refractivity contribution in [3.8, 4) is 0 Å². The first-order chi connectivity index (χ1) is 10.1. The summed E-state index contributed by atoms with van der Waals surface area (Å²) in [5, 5.41) is 3.46. The van der Waals surface area contributed by atoms with Crippen molar-refractivity contribution < 1.29 is 0 Å². The molecule has 2 aromatic carbocycles. The molecule has 0 heterocycles. The van der Waals surface area contributed by atoms with E-state index in [9.17, 15) is 0 Å². The molecule has 0 fully saturated rings. The molecule has 2 aromatic rings. The van der Waals surface area contributed by atoms with Gasteiger partial charge in [-0.3, -0.25) is 0 Å². The highest BCUT2D eigenvalue weighted by Crippen LogP contribution is 2.17. The van der Waals surface area contributed by atoms with E-state index in [1.165, 1.54) is 22.3 Å². The number of nitrogens with one attached hydrogen (secondary N) is 1. The van der Waals surface area contributed by atoms with Gasteiger partial charge in [0, 0.05) is 6.04 Å². The molecule has 0 aliphatic rings. The van der Waals surface area contributed by atoms with Crippen LogP contribution < -0.4 is 5.32 Å². The molecule has 112 valence electrons. The second-order valence-corrected chi connectivity index (χ2v) is 6.22. The molecule has 1 unspecified atom stereocenters. The third-order valence-electron chi connectivity index (χ3n) is 4.26. The molecule has 0 bridgehead atoms. The van der Waals surface area contributed by atoms with Crippen molar-refractivity contribution in [2.24, 2.45) is 0 Å². The highest BCUT2D eigenvalue weighted by Gasteiger charge is 2.10.